The highest BCUT2D eigenvalue weighted by molar-refractivity contribution is 8.00. The van der Waals surface area contributed by atoms with Crippen LogP contribution < -0.4 is 0 Å². The van der Waals surface area contributed by atoms with Gasteiger partial charge in [0.05, 0.1) is 32.8 Å². The van der Waals surface area contributed by atoms with Gasteiger partial charge in [-0.1, -0.05) is 116 Å². The van der Waals surface area contributed by atoms with Crippen molar-refractivity contribution in [2.24, 2.45) is 0 Å². The number of rotatable bonds is 13. The lowest BCUT2D eigenvalue weighted by Crippen LogP contribution is -2.56. The highest BCUT2D eigenvalue weighted by Crippen LogP contribution is 2.48. The minimum Gasteiger partial charge on any atom is -0.508 e. The highest BCUT2D eigenvalue weighted by Gasteiger charge is 2.53. The van der Waals surface area contributed by atoms with Gasteiger partial charge in [-0.25, -0.2) is 19.2 Å². The first-order valence-corrected chi connectivity index (χ1v) is 20.3. The Labute approximate surface area is 346 Å². The van der Waals surface area contributed by atoms with Gasteiger partial charge in [0.25, 0.3) is 0 Å². The molecule has 5 atom stereocenters. The average molecular weight is 807 g/mol. The first-order chi connectivity index (χ1) is 28.8. The van der Waals surface area contributed by atoms with Gasteiger partial charge in [-0.2, -0.15) is 0 Å². The van der Waals surface area contributed by atoms with E-state index in [0.29, 0.717) is 23.1 Å². The van der Waals surface area contributed by atoms with Crippen molar-refractivity contribution in [2.45, 2.75) is 48.6 Å². The third-order valence-corrected chi connectivity index (χ3v) is 11.6. The lowest BCUT2D eigenvalue weighted by Gasteiger charge is -2.44. The zero-order chi connectivity index (χ0) is 41.1. The average Bonchev–Trinajstić information content (AvgIpc) is 3.29. The molecule has 0 radical (unpaired) electrons. The highest BCUT2D eigenvalue weighted by atomic mass is 32.2. The van der Waals surface area contributed by atoms with Crippen molar-refractivity contribution in [3.05, 3.63) is 208 Å². The smallest absolute Gasteiger partial charge is 0.338 e. The van der Waals surface area contributed by atoms with Gasteiger partial charge in [0.1, 0.15) is 12.4 Å². The SMILES string of the molecule is CCc1ccc(Cc2cc([C@H]3SC(COC(=O)c4ccccc4)[C@@H](OC(=O)c4ccccc4)[C@H](OC(=O)c4ccccc4)C3OC(=O)c3ccccc3)ccc2O)cc1. The molecule has 59 heavy (non-hydrogen) atoms. The fourth-order valence-electron chi connectivity index (χ4n) is 6.87. The van der Waals surface area contributed by atoms with Gasteiger partial charge in [0.15, 0.2) is 18.3 Å². The zero-order valence-electron chi connectivity index (χ0n) is 32.2. The molecule has 0 amide bonds. The molecule has 1 fully saturated rings. The van der Waals surface area contributed by atoms with Crippen LogP contribution in [0.15, 0.2) is 164 Å². The van der Waals surface area contributed by atoms with Gasteiger partial charge in [0.2, 0.25) is 0 Å². The Kier molecular flexibility index (Phi) is 13.2. The quantitative estimate of drug-likeness (QED) is 0.0892. The molecular weight excluding hydrogens is 765 g/mol. The van der Waals surface area contributed by atoms with Crippen molar-refractivity contribution in [1.29, 1.82) is 0 Å². The number of carbonyl (C=O) groups excluding carboxylic acids is 4. The Morgan fingerprint density at radius 1 is 0.525 bits per heavy atom. The number of phenolic OH excluding ortho intramolecular Hbond substituents is 1. The van der Waals surface area contributed by atoms with E-state index in [4.69, 9.17) is 18.9 Å². The molecule has 0 aromatic heterocycles. The minimum absolute atomic E-state index is 0.0713. The zero-order valence-corrected chi connectivity index (χ0v) is 33.0. The maximum atomic E-state index is 14.0. The summed E-state index contributed by atoms with van der Waals surface area (Å²) in [7, 11) is 0. The summed E-state index contributed by atoms with van der Waals surface area (Å²) in [6.45, 7) is 1.82. The van der Waals surface area contributed by atoms with Crippen LogP contribution in [0.5, 0.6) is 5.75 Å². The van der Waals surface area contributed by atoms with E-state index in [0.717, 1.165) is 12.0 Å². The van der Waals surface area contributed by atoms with E-state index in [1.54, 1.807) is 133 Å². The molecule has 2 unspecified atom stereocenters. The topological polar surface area (TPSA) is 125 Å². The van der Waals surface area contributed by atoms with E-state index in [2.05, 4.69) is 19.1 Å². The number of phenols is 1. The summed E-state index contributed by atoms with van der Waals surface area (Å²) < 4.78 is 24.8. The molecule has 6 aromatic rings. The Hall–Kier alpha value is -6.65. The second-order valence-corrected chi connectivity index (χ2v) is 15.4. The van der Waals surface area contributed by atoms with Gasteiger partial charge in [-0.3, -0.25) is 0 Å². The maximum Gasteiger partial charge on any atom is 0.338 e. The first kappa shape index (κ1) is 40.5. The van der Waals surface area contributed by atoms with Crippen molar-refractivity contribution in [3.63, 3.8) is 0 Å². The predicted octanol–water partition coefficient (Wildman–Crippen LogP) is 9.24. The van der Waals surface area contributed by atoms with Crippen LogP contribution in [0.1, 0.15) is 75.9 Å². The van der Waals surface area contributed by atoms with Crippen molar-refractivity contribution in [2.75, 3.05) is 6.61 Å². The van der Waals surface area contributed by atoms with E-state index in [-0.39, 0.29) is 29.0 Å². The Balaban J connectivity index is 1.33. The molecule has 1 aliphatic heterocycles. The summed E-state index contributed by atoms with van der Waals surface area (Å²) >= 11 is 1.26. The fourth-order valence-corrected chi connectivity index (χ4v) is 8.43. The number of hydrogen-bond donors (Lipinski definition) is 1. The van der Waals surface area contributed by atoms with Gasteiger partial charge in [0, 0.05) is 6.42 Å². The summed E-state index contributed by atoms with van der Waals surface area (Å²) in [5.41, 5.74) is 4.44. The molecule has 6 aromatic carbocycles. The van der Waals surface area contributed by atoms with E-state index in [9.17, 15) is 24.3 Å². The van der Waals surface area contributed by atoms with Crippen molar-refractivity contribution in [1.82, 2.24) is 0 Å². The van der Waals surface area contributed by atoms with E-state index in [1.807, 2.05) is 18.2 Å². The fraction of sp³-hybridized carbons (Fsp3) is 0.184. The molecule has 0 bridgehead atoms. The molecule has 1 saturated heterocycles. The second-order valence-electron chi connectivity index (χ2n) is 14.0. The number of hydrogen-bond acceptors (Lipinski definition) is 10. The number of aryl methyl sites for hydroxylation is 1. The second kappa shape index (κ2) is 19.2. The summed E-state index contributed by atoms with van der Waals surface area (Å²) in [6.07, 6.45) is -2.66. The van der Waals surface area contributed by atoms with Crippen molar-refractivity contribution in [3.8, 4) is 5.75 Å². The minimum atomic E-state index is -1.41. The van der Waals surface area contributed by atoms with Crippen LogP contribution in [0, 0.1) is 0 Å². The summed E-state index contributed by atoms with van der Waals surface area (Å²) in [6, 6.07) is 46.8. The Morgan fingerprint density at radius 2 is 0.966 bits per heavy atom. The Morgan fingerprint density at radius 3 is 1.46 bits per heavy atom. The molecule has 298 valence electrons. The number of carbonyl (C=O) groups is 4. The normalized spacial score (nSPS) is 18.6. The third kappa shape index (κ3) is 10.1. The summed E-state index contributed by atoms with van der Waals surface area (Å²) in [4.78, 5) is 55.3. The molecule has 10 heteroatoms. The van der Waals surface area contributed by atoms with Crippen LogP contribution in [0.2, 0.25) is 0 Å². The Bertz CT molecular complexity index is 2350. The van der Waals surface area contributed by atoms with Crippen LogP contribution in [0.3, 0.4) is 0 Å². The van der Waals surface area contributed by atoms with Gasteiger partial charge < -0.3 is 24.1 Å². The van der Waals surface area contributed by atoms with Gasteiger partial charge in [-0.05, 0) is 83.3 Å². The van der Waals surface area contributed by atoms with Gasteiger partial charge >= 0.3 is 23.9 Å². The molecule has 0 aliphatic carbocycles. The van der Waals surface area contributed by atoms with Crippen LogP contribution in [0.4, 0.5) is 0 Å². The molecular formula is C49H42O9S. The molecule has 0 spiro atoms. The van der Waals surface area contributed by atoms with Crippen LogP contribution in [0.25, 0.3) is 0 Å². The number of thioether (sulfide) groups is 1. The molecule has 7 rings (SSSR count). The van der Waals surface area contributed by atoms with E-state index >= 15 is 0 Å². The van der Waals surface area contributed by atoms with Crippen molar-refractivity contribution >= 4 is 35.6 Å². The molecule has 0 saturated carbocycles. The van der Waals surface area contributed by atoms with Crippen LogP contribution >= 0.6 is 11.8 Å². The number of ether oxygens (including phenoxy) is 4. The largest absolute Gasteiger partial charge is 0.508 e. The summed E-state index contributed by atoms with van der Waals surface area (Å²) in [5.74, 6) is -2.69. The number of esters is 4. The van der Waals surface area contributed by atoms with E-state index < -0.39 is 52.7 Å². The standard InChI is InChI=1S/C49H42O9S/c1-2-32-23-25-33(26-24-32)29-39-30-38(27-28-40(39)50)45-44(58-49(54)37-21-13-6-14-22-37)43(57-48(53)36-19-11-5-12-20-36)42(56-47(52)35-17-9-4-10-18-35)41(59-45)31-55-46(51)34-15-7-3-8-16-34/h3-28,30,41-45,50H,2,29,31H2,1H3/t41?,42-,43+,44?,45-/m1/s1. The number of aromatic hydroxyl groups is 1. The molecule has 1 aliphatic rings. The lowest BCUT2D eigenvalue weighted by atomic mass is 9.93. The predicted molar refractivity (Wildman–Crippen MR) is 225 cm³/mol. The van der Waals surface area contributed by atoms with Crippen LogP contribution in [-0.2, 0) is 31.8 Å². The monoisotopic (exact) mass is 806 g/mol. The maximum absolute atomic E-state index is 14.0. The number of benzene rings is 6. The van der Waals surface area contributed by atoms with Crippen molar-refractivity contribution < 1.29 is 43.2 Å². The molecule has 1 heterocycles. The third-order valence-electron chi connectivity index (χ3n) is 10.0. The molecule has 9 nitrogen and oxygen atoms in total. The lowest BCUT2D eigenvalue weighted by molar-refractivity contribution is -0.0959. The van der Waals surface area contributed by atoms with Gasteiger partial charge in [-0.15, -0.1) is 11.8 Å². The molecule has 1 N–H and O–H groups in total. The summed E-state index contributed by atoms with van der Waals surface area (Å²) in [5, 5.41) is 9.50. The first-order valence-electron chi connectivity index (χ1n) is 19.3. The van der Waals surface area contributed by atoms with E-state index in [1.165, 1.54) is 17.3 Å². The van der Waals surface area contributed by atoms with Crippen LogP contribution in [-0.4, -0.2) is 59.2 Å².